The van der Waals surface area contributed by atoms with Gasteiger partial charge in [-0.2, -0.15) is 18.3 Å². The van der Waals surface area contributed by atoms with E-state index in [2.05, 4.69) is 10.4 Å². The molecule has 78 valence electrons. The van der Waals surface area contributed by atoms with Crippen LogP contribution in [0.5, 0.6) is 0 Å². The Kier molecular flexibility index (Phi) is 2.19. The fraction of sp³-hybridized carbons (Fsp3) is 0.571. The zero-order valence-corrected chi connectivity index (χ0v) is 7.78. The summed E-state index contributed by atoms with van der Waals surface area (Å²) in [6.45, 7) is 1.37. The van der Waals surface area contributed by atoms with Gasteiger partial charge in [-0.15, -0.1) is 0 Å². The second kappa shape index (κ2) is 3.13. The maximum atomic E-state index is 12.4. The van der Waals surface area contributed by atoms with Gasteiger partial charge in [-0.25, -0.2) is 0 Å². The third-order valence-electron chi connectivity index (χ3n) is 2.05. The molecule has 0 radical (unpaired) electrons. The van der Waals surface area contributed by atoms with Crippen LogP contribution in [0.2, 0.25) is 5.02 Å². The van der Waals surface area contributed by atoms with Crippen molar-refractivity contribution >= 4 is 11.6 Å². The highest BCUT2D eigenvalue weighted by atomic mass is 35.5. The van der Waals surface area contributed by atoms with Gasteiger partial charge in [-0.3, -0.25) is 4.68 Å². The fourth-order valence-electron chi connectivity index (χ4n) is 1.40. The van der Waals surface area contributed by atoms with Crippen LogP contribution in [0.3, 0.4) is 0 Å². The van der Waals surface area contributed by atoms with E-state index in [1.807, 2.05) is 0 Å². The van der Waals surface area contributed by atoms with Crippen LogP contribution < -0.4 is 5.32 Å². The molecule has 1 aromatic heterocycles. The third kappa shape index (κ3) is 1.48. The van der Waals surface area contributed by atoms with Gasteiger partial charge in [0.25, 0.3) is 0 Å². The standard InChI is InChI=1S/C7H7ClF3N3/c8-5-4-3-12-1-2-14(4)13-6(5)7(9,10)11/h12H,1-3H2. The molecule has 3 nitrogen and oxygen atoms in total. The SMILES string of the molecule is FC(F)(F)c1nn2c(c1Cl)CNCC2. The summed E-state index contributed by atoms with van der Waals surface area (Å²) in [5.41, 5.74) is -0.580. The van der Waals surface area contributed by atoms with Crippen LogP contribution in [0.4, 0.5) is 13.2 Å². The molecule has 0 saturated heterocycles. The highest BCUT2D eigenvalue weighted by Crippen LogP contribution is 2.35. The van der Waals surface area contributed by atoms with Crippen molar-refractivity contribution in [2.45, 2.75) is 19.3 Å². The van der Waals surface area contributed by atoms with Crippen LogP contribution in [-0.4, -0.2) is 16.3 Å². The normalized spacial score (nSPS) is 16.9. The van der Waals surface area contributed by atoms with Crippen LogP contribution in [0.1, 0.15) is 11.4 Å². The van der Waals surface area contributed by atoms with Gasteiger partial charge in [0.15, 0.2) is 5.69 Å². The number of nitrogens with one attached hydrogen (secondary N) is 1. The van der Waals surface area contributed by atoms with E-state index in [1.54, 1.807) is 0 Å². The molecule has 1 aliphatic rings. The summed E-state index contributed by atoms with van der Waals surface area (Å²) < 4.78 is 38.4. The first-order valence-electron chi connectivity index (χ1n) is 4.03. The minimum atomic E-state index is -4.47. The van der Waals surface area contributed by atoms with Crippen LogP contribution in [-0.2, 0) is 19.3 Å². The quantitative estimate of drug-likeness (QED) is 0.728. The first kappa shape index (κ1) is 9.79. The van der Waals surface area contributed by atoms with Crippen molar-refractivity contribution < 1.29 is 13.2 Å². The Labute approximate surface area is 82.8 Å². The van der Waals surface area contributed by atoms with E-state index in [-0.39, 0.29) is 5.02 Å². The van der Waals surface area contributed by atoms with E-state index in [1.165, 1.54) is 4.68 Å². The number of hydrogen-bond acceptors (Lipinski definition) is 2. The first-order chi connectivity index (χ1) is 6.50. The molecule has 0 bridgehead atoms. The second-order valence-corrected chi connectivity index (χ2v) is 3.38. The Hall–Kier alpha value is -0.750. The van der Waals surface area contributed by atoms with E-state index < -0.39 is 11.9 Å². The third-order valence-corrected chi connectivity index (χ3v) is 2.45. The van der Waals surface area contributed by atoms with Crippen molar-refractivity contribution in [1.29, 1.82) is 0 Å². The van der Waals surface area contributed by atoms with Gasteiger partial charge in [0.1, 0.15) is 0 Å². The van der Waals surface area contributed by atoms with Crippen LogP contribution in [0.15, 0.2) is 0 Å². The minimum absolute atomic E-state index is 0.287. The van der Waals surface area contributed by atoms with Crippen molar-refractivity contribution in [2.24, 2.45) is 0 Å². The van der Waals surface area contributed by atoms with E-state index in [0.29, 0.717) is 25.3 Å². The van der Waals surface area contributed by atoms with Crippen LogP contribution >= 0.6 is 11.6 Å². The Bertz CT molecular complexity index is 358. The predicted octanol–water partition coefficient (Wildman–Crippen LogP) is 1.66. The molecule has 1 aliphatic heterocycles. The van der Waals surface area contributed by atoms with E-state index >= 15 is 0 Å². The van der Waals surface area contributed by atoms with E-state index in [9.17, 15) is 13.2 Å². The van der Waals surface area contributed by atoms with Gasteiger partial charge in [0, 0.05) is 13.1 Å². The summed E-state index contributed by atoms with van der Waals surface area (Å²) in [4.78, 5) is 0. The molecule has 14 heavy (non-hydrogen) atoms. The molecule has 0 unspecified atom stereocenters. The zero-order valence-electron chi connectivity index (χ0n) is 7.03. The molecule has 2 rings (SSSR count). The summed E-state index contributed by atoms with van der Waals surface area (Å²) in [5.74, 6) is 0. The molecule has 1 N–H and O–H groups in total. The number of aromatic nitrogens is 2. The number of hydrogen-bond donors (Lipinski definition) is 1. The highest BCUT2D eigenvalue weighted by molar-refractivity contribution is 6.32. The average molecular weight is 226 g/mol. The molecule has 0 atom stereocenters. The largest absolute Gasteiger partial charge is 0.436 e. The molecular formula is C7H7ClF3N3. The molecular weight excluding hydrogens is 219 g/mol. The molecule has 0 spiro atoms. The van der Waals surface area contributed by atoms with Gasteiger partial charge >= 0.3 is 6.18 Å². The molecule has 0 saturated carbocycles. The maximum Gasteiger partial charge on any atom is 0.436 e. The van der Waals surface area contributed by atoms with Gasteiger partial charge in [-0.05, 0) is 0 Å². The molecule has 0 aliphatic carbocycles. The number of rotatable bonds is 0. The van der Waals surface area contributed by atoms with E-state index in [4.69, 9.17) is 11.6 Å². The van der Waals surface area contributed by atoms with Gasteiger partial charge < -0.3 is 5.32 Å². The lowest BCUT2D eigenvalue weighted by atomic mass is 10.3. The van der Waals surface area contributed by atoms with Gasteiger partial charge in [0.2, 0.25) is 0 Å². The summed E-state index contributed by atoms with van der Waals surface area (Å²) in [6, 6.07) is 0. The minimum Gasteiger partial charge on any atom is -0.309 e. The Morgan fingerprint density at radius 1 is 1.43 bits per heavy atom. The Morgan fingerprint density at radius 2 is 2.14 bits per heavy atom. The van der Waals surface area contributed by atoms with Gasteiger partial charge in [0.05, 0.1) is 17.3 Å². The van der Waals surface area contributed by atoms with Crippen molar-refractivity contribution in [1.82, 2.24) is 15.1 Å². The summed E-state index contributed by atoms with van der Waals surface area (Å²) in [5, 5.41) is 6.09. The lowest BCUT2D eigenvalue weighted by Gasteiger charge is -2.14. The molecule has 2 heterocycles. The fourth-order valence-corrected chi connectivity index (χ4v) is 1.71. The first-order valence-corrected chi connectivity index (χ1v) is 4.41. The van der Waals surface area contributed by atoms with Crippen molar-refractivity contribution in [3.8, 4) is 0 Å². The summed E-state index contributed by atoms with van der Waals surface area (Å²) in [6.07, 6.45) is -4.47. The van der Waals surface area contributed by atoms with Crippen LogP contribution in [0, 0.1) is 0 Å². The van der Waals surface area contributed by atoms with Crippen molar-refractivity contribution in [3.63, 3.8) is 0 Å². The van der Waals surface area contributed by atoms with Crippen molar-refractivity contribution in [3.05, 3.63) is 16.4 Å². The summed E-state index contributed by atoms with van der Waals surface area (Å²) >= 11 is 5.58. The monoisotopic (exact) mass is 225 g/mol. The molecule has 0 aromatic carbocycles. The molecule has 1 aromatic rings. The number of fused-ring (bicyclic) bond motifs is 1. The molecule has 7 heteroatoms. The summed E-state index contributed by atoms with van der Waals surface area (Å²) in [7, 11) is 0. The number of halogens is 4. The second-order valence-electron chi connectivity index (χ2n) is 3.01. The maximum absolute atomic E-state index is 12.4. The van der Waals surface area contributed by atoms with E-state index in [0.717, 1.165) is 0 Å². The smallest absolute Gasteiger partial charge is 0.309 e. The molecule has 0 fully saturated rings. The topological polar surface area (TPSA) is 29.9 Å². The van der Waals surface area contributed by atoms with Crippen LogP contribution in [0.25, 0.3) is 0 Å². The molecule has 0 amide bonds. The lowest BCUT2D eigenvalue weighted by molar-refractivity contribution is -0.141. The number of nitrogens with zero attached hydrogens (tertiary/aromatic N) is 2. The highest BCUT2D eigenvalue weighted by Gasteiger charge is 2.39. The average Bonchev–Trinajstić information content (AvgIpc) is 2.44. The Balaban J connectivity index is 2.49. The van der Waals surface area contributed by atoms with Crippen molar-refractivity contribution in [2.75, 3.05) is 6.54 Å². The van der Waals surface area contributed by atoms with Gasteiger partial charge in [-0.1, -0.05) is 11.6 Å². The predicted molar refractivity (Wildman–Crippen MR) is 43.9 cm³/mol. The zero-order chi connectivity index (χ0) is 10.3. The lowest BCUT2D eigenvalue weighted by Crippen LogP contribution is -2.28. The Morgan fingerprint density at radius 3 is 2.71 bits per heavy atom. The number of alkyl halides is 3.